The number of amides is 1. The molecule has 22 heavy (non-hydrogen) atoms. The van der Waals surface area contributed by atoms with Gasteiger partial charge < -0.3 is 9.88 Å². The van der Waals surface area contributed by atoms with Gasteiger partial charge >= 0.3 is 0 Å². The molecule has 1 fully saturated rings. The summed E-state index contributed by atoms with van der Waals surface area (Å²) in [5.41, 5.74) is 1.10. The van der Waals surface area contributed by atoms with Crippen LogP contribution in [0.15, 0.2) is 24.4 Å². The molecule has 1 N–H and O–H groups in total. The summed E-state index contributed by atoms with van der Waals surface area (Å²) in [4.78, 5) is 23.3. The minimum absolute atomic E-state index is 0.0643. The first-order chi connectivity index (χ1) is 10.7. The molecule has 1 heterocycles. The van der Waals surface area contributed by atoms with Crippen molar-refractivity contribution in [2.24, 2.45) is 0 Å². The van der Waals surface area contributed by atoms with Crippen LogP contribution in [0.25, 0.3) is 10.9 Å². The fourth-order valence-electron chi connectivity index (χ4n) is 3.20. The zero-order chi connectivity index (χ0) is 15.5. The smallest absolute Gasteiger partial charge is 0.240 e. The van der Waals surface area contributed by atoms with Crippen LogP contribution in [0.2, 0.25) is 0 Å². The van der Waals surface area contributed by atoms with Gasteiger partial charge in [0.05, 0.1) is 0 Å². The van der Waals surface area contributed by atoms with Crippen LogP contribution in [0.4, 0.5) is 4.39 Å². The molecule has 0 spiro atoms. The van der Waals surface area contributed by atoms with E-state index in [9.17, 15) is 14.0 Å². The van der Waals surface area contributed by atoms with E-state index in [4.69, 9.17) is 0 Å². The molecule has 1 amide bonds. The van der Waals surface area contributed by atoms with Crippen molar-refractivity contribution in [3.63, 3.8) is 0 Å². The number of fused-ring (bicyclic) bond motifs is 1. The Balaban J connectivity index is 1.78. The first kappa shape index (κ1) is 14.8. The summed E-state index contributed by atoms with van der Waals surface area (Å²) in [6.45, 7) is 0.145. The molecule has 1 aromatic heterocycles. The highest BCUT2D eigenvalue weighted by Gasteiger charge is 2.17. The third-order valence-corrected chi connectivity index (χ3v) is 4.29. The number of aldehydes is 1. The Labute approximate surface area is 128 Å². The number of nitrogens with zero attached hydrogens (tertiary/aromatic N) is 1. The second kappa shape index (κ2) is 6.30. The van der Waals surface area contributed by atoms with E-state index in [1.165, 1.54) is 18.6 Å². The van der Waals surface area contributed by atoms with Crippen molar-refractivity contribution in [3.05, 3.63) is 35.8 Å². The second-order valence-corrected chi connectivity index (χ2v) is 5.89. The normalized spacial score (nSPS) is 15.9. The number of nitrogens with one attached hydrogen (secondary N) is 1. The van der Waals surface area contributed by atoms with Gasteiger partial charge in [0.25, 0.3) is 0 Å². The van der Waals surface area contributed by atoms with E-state index in [0.29, 0.717) is 22.8 Å². The summed E-state index contributed by atoms with van der Waals surface area (Å²) in [6, 6.07) is 4.53. The molecule has 3 rings (SSSR count). The third-order valence-electron chi connectivity index (χ3n) is 4.29. The Morgan fingerprint density at radius 1 is 1.32 bits per heavy atom. The Bertz CT molecular complexity index is 702. The van der Waals surface area contributed by atoms with Crippen molar-refractivity contribution >= 4 is 23.1 Å². The summed E-state index contributed by atoms with van der Waals surface area (Å²) >= 11 is 0. The van der Waals surface area contributed by atoms with E-state index < -0.39 is 0 Å². The lowest BCUT2D eigenvalue weighted by Crippen LogP contribution is -2.38. The predicted octanol–water partition coefficient (Wildman–Crippen LogP) is 3.04. The van der Waals surface area contributed by atoms with Gasteiger partial charge in [0.1, 0.15) is 12.4 Å². The molecule has 116 valence electrons. The molecule has 0 unspecified atom stereocenters. The van der Waals surface area contributed by atoms with E-state index in [2.05, 4.69) is 5.32 Å². The molecule has 1 saturated carbocycles. The number of halogens is 1. The number of rotatable bonds is 4. The number of benzene rings is 1. The van der Waals surface area contributed by atoms with Gasteiger partial charge in [-0.3, -0.25) is 9.59 Å². The zero-order valence-corrected chi connectivity index (χ0v) is 12.3. The topological polar surface area (TPSA) is 51.1 Å². The number of hydrogen-bond donors (Lipinski definition) is 1. The molecule has 5 heteroatoms. The van der Waals surface area contributed by atoms with Crippen molar-refractivity contribution in [1.29, 1.82) is 0 Å². The van der Waals surface area contributed by atoms with Crippen LogP contribution in [0.3, 0.4) is 0 Å². The first-order valence-electron chi connectivity index (χ1n) is 7.70. The number of carbonyl (C=O) groups is 2. The van der Waals surface area contributed by atoms with Gasteiger partial charge in [0.15, 0.2) is 6.29 Å². The van der Waals surface area contributed by atoms with E-state index >= 15 is 0 Å². The van der Waals surface area contributed by atoms with Gasteiger partial charge in [0.2, 0.25) is 5.91 Å². The van der Waals surface area contributed by atoms with E-state index in [-0.39, 0.29) is 24.3 Å². The van der Waals surface area contributed by atoms with Gasteiger partial charge in [-0.25, -0.2) is 4.39 Å². The van der Waals surface area contributed by atoms with Gasteiger partial charge in [-0.2, -0.15) is 0 Å². The monoisotopic (exact) mass is 302 g/mol. The molecule has 0 atom stereocenters. The SMILES string of the molecule is O=Cc1cn(CC(=O)NC2CCCCC2)c2ccc(F)cc12. The van der Waals surface area contributed by atoms with E-state index in [1.807, 2.05) is 0 Å². The average molecular weight is 302 g/mol. The van der Waals surface area contributed by atoms with Gasteiger partial charge in [-0.05, 0) is 31.0 Å². The number of carbonyl (C=O) groups excluding carboxylic acids is 2. The Kier molecular flexibility index (Phi) is 4.22. The standard InChI is InChI=1S/C17H19FN2O2/c18-13-6-7-16-15(8-13)12(11-21)9-20(16)10-17(22)19-14-4-2-1-3-5-14/h6-9,11,14H,1-5,10H2,(H,19,22). The van der Waals surface area contributed by atoms with Crippen LogP contribution in [0, 0.1) is 5.82 Å². The molecule has 1 aliphatic carbocycles. The molecule has 1 aliphatic rings. The lowest BCUT2D eigenvalue weighted by Gasteiger charge is -2.22. The van der Waals surface area contributed by atoms with Crippen LogP contribution in [0.5, 0.6) is 0 Å². The Hall–Kier alpha value is -2.17. The maximum Gasteiger partial charge on any atom is 0.240 e. The minimum Gasteiger partial charge on any atom is -0.352 e. The van der Waals surface area contributed by atoms with Gasteiger partial charge in [0, 0.05) is 28.7 Å². The first-order valence-corrected chi connectivity index (χ1v) is 7.70. The van der Waals surface area contributed by atoms with Crippen LogP contribution in [-0.4, -0.2) is 22.8 Å². The highest BCUT2D eigenvalue weighted by molar-refractivity contribution is 5.98. The summed E-state index contributed by atoms with van der Waals surface area (Å²) in [6.07, 6.45) is 7.92. The highest BCUT2D eigenvalue weighted by Crippen LogP contribution is 2.22. The van der Waals surface area contributed by atoms with Crippen molar-refractivity contribution in [2.75, 3.05) is 0 Å². The summed E-state index contributed by atoms with van der Waals surface area (Å²) in [7, 11) is 0. The van der Waals surface area contributed by atoms with Crippen LogP contribution >= 0.6 is 0 Å². The Morgan fingerprint density at radius 3 is 2.82 bits per heavy atom. The summed E-state index contributed by atoms with van der Waals surface area (Å²) in [5, 5.41) is 3.59. The zero-order valence-electron chi connectivity index (χ0n) is 12.3. The molecular weight excluding hydrogens is 283 g/mol. The van der Waals surface area contributed by atoms with E-state index in [0.717, 1.165) is 25.7 Å². The lowest BCUT2D eigenvalue weighted by atomic mass is 9.95. The Morgan fingerprint density at radius 2 is 2.09 bits per heavy atom. The predicted molar refractivity (Wildman–Crippen MR) is 82.3 cm³/mol. The lowest BCUT2D eigenvalue weighted by molar-refractivity contribution is -0.122. The van der Waals surface area contributed by atoms with Crippen molar-refractivity contribution in [1.82, 2.24) is 9.88 Å². The van der Waals surface area contributed by atoms with Crippen LogP contribution in [-0.2, 0) is 11.3 Å². The number of aromatic nitrogens is 1. The van der Waals surface area contributed by atoms with Crippen LogP contribution < -0.4 is 5.32 Å². The van der Waals surface area contributed by atoms with Crippen molar-refractivity contribution < 1.29 is 14.0 Å². The largest absolute Gasteiger partial charge is 0.352 e. The second-order valence-electron chi connectivity index (χ2n) is 5.89. The molecule has 2 aromatic rings. The third kappa shape index (κ3) is 3.03. The highest BCUT2D eigenvalue weighted by atomic mass is 19.1. The molecule has 0 bridgehead atoms. The average Bonchev–Trinajstić information content (AvgIpc) is 2.85. The van der Waals surface area contributed by atoms with Crippen molar-refractivity contribution in [3.8, 4) is 0 Å². The minimum atomic E-state index is -0.389. The number of hydrogen-bond acceptors (Lipinski definition) is 2. The molecule has 1 aromatic carbocycles. The fourth-order valence-corrected chi connectivity index (χ4v) is 3.20. The summed E-state index contributed by atoms with van der Waals surface area (Å²) < 4.78 is 15.0. The maximum atomic E-state index is 13.3. The van der Waals surface area contributed by atoms with Crippen molar-refractivity contribution in [2.45, 2.75) is 44.7 Å². The van der Waals surface area contributed by atoms with E-state index in [1.54, 1.807) is 16.8 Å². The molecule has 0 radical (unpaired) electrons. The maximum absolute atomic E-state index is 13.3. The quantitative estimate of drug-likeness (QED) is 0.883. The summed E-state index contributed by atoms with van der Waals surface area (Å²) in [5.74, 6) is -0.453. The molecule has 0 aliphatic heterocycles. The van der Waals surface area contributed by atoms with Crippen LogP contribution in [0.1, 0.15) is 42.5 Å². The van der Waals surface area contributed by atoms with Gasteiger partial charge in [-0.15, -0.1) is 0 Å². The molecular formula is C17H19FN2O2. The molecule has 0 saturated heterocycles. The molecule has 4 nitrogen and oxygen atoms in total. The van der Waals surface area contributed by atoms with Gasteiger partial charge in [-0.1, -0.05) is 19.3 Å². The fraction of sp³-hybridized carbons (Fsp3) is 0.412.